The van der Waals surface area contributed by atoms with Crippen LogP contribution in [0.25, 0.3) is 0 Å². The van der Waals surface area contributed by atoms with Gasteiger partial charge in [-0.3, -0.25) is 0 Å². The van der Waals surface area contributed by atoms with Gasteiger partial charge in [0.2, 0.25) is 0 Å². The van der Waals surface area contributed by atoms with Gasteiger partial charge in [0.05, 0.1) is 6.10 Å². The van der Waals surface area contributed by atoms with Crippen molar-refractivity contribution in [2.45, 2.75) is 52.2 Å². The third-order valence-electron chi connectivity index (χ3n) is 3.60. The van der Waals surface area contributed by atoms with Crippen LogP contribution >= 0.6 is 11.8 Å². The van der Waals surface area contributed by atoms with E-state index < -0.39 is 0 Å². The molecular weight excluding hydrogens is 258 g/mol. The third kappa shape index (κ3) is 4.80. The molecule has 108 valence electrons. The first-order chi connectivity index (χ1) is 9.15. The van der Waals surface area contributed by atoms with Gasteiger partial charge in [-0.2, -0.15) is 16.9 Å². The van der Waals surface area contributed by atoms with Crippen molar-refractivity contribution in [1.29, 1.82) is 0 Å². The van der Waals surface area contributed by atoms with E-state index in [1.54, 1.807) is 6.33 Å². The van der Waals surface area contributed by atoms with E-state index in [9.17, 15) is 5.11 Å². The van der Waals surface area contributed by atoms with Crippen LogP contribution in [0.4, 0.5) is 0 Å². The molecule has 1 fully saturated rings. The van der Waals surface area contributed by atoms with Crippen molar-refractivity contribution in [3.63, 3.8) is 0 Å². The Morgan fingerprint density at radius 3 is 2.84 bits per heavy atom. The first-order valence-electron chi connectivity index (χ1n) is 7.27. The molecule has 1 N–H and O–H groups in total. The average Bonchev–Trinajstić information content (AvgIpc) is 2.77. The Hall–Kier alpha value is -0.550. The van der Waals surface area contributed by atoms with Crippen LogP contribution in [0, 0.1) is 11.8 Å². The number of nitrogens with zero attached hydrogens (tertiary/aromatic N) is 3. The van der Waals surface area contributed by atoms with E-state index in [1.165, 1.54) is 24.3 Å². The molecule has 0 bridgehead atoms. The summed E-state index contributed by atoms with van der Waals surface area (Å²) in [5.74, 6) is 4.67. The third-order valence-corrected chi connectivity index (χ3v) is 4.65. The van der Waals surface area contributed by atoms with Gasteiger partial charge in [0, 0.05) is 13.0 Å². The highest BCUT2D eigenvalue weighted by Gasteiger charge is 2.19. The maximum Gasteiger partial charge on any atom is 0.138 e. The number of thioether (sulfide) groups is 1. The maximum atomic E-state index is 10.2. The molecule has 1 aliphatic heterocycles. The van der Waals surface area contributed by atoms with Crippen molar-refractivity contribution in [2.75, 3.05) is 11.5 Å². The van der Waals surface area contributed by atoms with Crippen molar-refractivity contribution in [2.24, 2.45) is 11.8 Å². The molecule has 0 spiro atoms. The summed E-state index contributed by atoms with van der Waals surface area (Å²) in [6.45, 7) is 5.21. The summed E-state index contributed by atoms with van der Waals surface area (Å²) in [4.78, 5) is 4.29. The SMILES string of the molecule is CC(C)Cn1ncnc1CC(O)CC1CCSCC1. The molecular formula is C14H25N3OS. The summed E-state index contributed by atoms with van der Waals surface area (Å²) in [7, 11) is 0. The van der Waals surface area contributed by atoms with Crippen LogP contribution in [-0.4, -0.2) is 37.5 Å². The fourth-order valence-electron chi connectivity index (χ4n) is 2.61. The predicted molar refractivity (Wildman–Crippen MR) is 79.2 cm³/mol. The van der Waals surface area contributed by atoms with Crippen molar-refractivity contribution < 1.29 is 5.11 Å². The largest absolute Gasteiger partial charge is 0.393 e. The van der Waals surface area contributed by atoms with E-state index in [2.05, 4.69) is 23.9 Å². The van der Waals surface area contributed by atoms with Crippen LogP contribution in [0.5, 0.6) is 0 Å². The van der Waals surface area contributed by atoms with Crippen LogP contribution in [0.3, 0.4) is 0 Å². The van der Waals surface area contributed by atoms with E-state index in [4.69, 9.17) is 0 Å². The highest BCUT2D eigenvalue weighted by Crippen LogP contribution is 2.26. The molecule has 1 aromatic heterocycles. The number of aliphatic hydroxyl groups is 1. The van der Waals surface area contributed by atoms with E-state index in [-0.39, 0.29) is 6.10 Å². The molecule has 1 saturated heterocycles. The second kappa shape index (κ2) is 7.29. The Kier molecular flexibility index (Phi) is 5.70. The van der Waals surface area contributed by atoms with E-state index in [0.717, 1.165) is 18.8 Å². The molecule has 1 atom stereocenters. The minimum Gasteiger partial charge on any atom is -0.393 e. The Morgan fingerprint density at radius 1 is 1.42 bits per heavy atom. The fourth-order valence-corrected chi connectivity index (χ4v) is 3.81. The lowest BCUT2D eigenvalue weighted by atomic mass is 9.94. The van der Waals surface area contributed by atoms with Gasteiger partial charge in [0.25, 0.3) is 0 Å². The fraction of sp³-hybridized carbons (Fsp3) is 0.857. The lowest BCUT2D eigenvalue weighted by molar-refractivity contribution is 0.135. The summed E-state index contributed by atoms with van der Waals surface area (Å²) < 4.78 is 1.94. The Morgan fingerprint density at radius 2 is 2.16 bits per heavy atom. The predicted octanol–water partition coefficient (Wildman–Crippen LogP) is 2.37. The van der Waals surface area contributed by atoms with Crippen LogP contribution in [0.2, 0.25) is 0 Å². The van der Waals surface area contributed by atoms with Crippen molar-refractivity contribution in [1.82, 2.24) is 14.8 Å². The minimum absolute atomic E-state index is 0.275. The Balaban J connectivity index is 1.84. The van der Waals surface area contributed by atoms with E-state index in [1.807, 2.05) is 16.4 Å². The molecule has 0 aromatic carbocycles. The average molecular weight is 283 g/mol. The molecule has 4 nitrogen and oxygen atoms in total. The lowest BCUT2D eigenvalue weighted by Gasteiger charge is -2.23. The Labute approximate surface area is 120 Å². The van der Waals surface area contributed by atoms with Crippen LogP contribution in [0.15, 0.2) is 6.33 Å². The Bertz CT molecular complexity index is 375. The minimum atomic E-state index is -0.275. The second-order valence-corrected chi connectivity index (χ2v) is 7.13. The number of hydrogen-bond acceptors (Lipinski definition) is 4. The molecule has 1 aromatic rings. The van der Waals surface area contributed by atoms with Gasteiger partial charge in [0.15, 0.2) is 0 Å². The summed E-state index contributed by atoms with van der Waals surface area (Å²) in [5.41, 5.74) is 0. The number of aliphatic hydroxyl groups excluding tert-OH is 1. The quantitative estimate of drug-likeness (QED) is 0.871. The molecule has 0 radical (unpaired) electrons. The standard InChI is InChI=1S/C14H25N3OS/c1-11(2)9-17-14(15-10-16-17)8-13(18)7-12-3-5-19-6-4-12/h10-13,18H,3-9H2,1-2H3. The molecule has 1 unspecified atom stereocenters. The summed E-state index contributed by atoms with van der Waals surface area (Å²) >= 11 is 2.03. The number of aromatic nitrogens is 3. The summed E-state index contributed by atoms with van der Waals surface area (Å²) in [5, 5.41) is 14.5. The highest BCUT2D eigenvalue weighted by atomic mass is 32.2. The molecule has 5 heteroatoms. The van der Waals surface area contributed by atoms with Crippen LogP contribution in [-0.2, 0) is 13.0 Å². The summed E-state index contributed by atoms with van der Waals surface area (Å²) in [6.07, 6.45) is 5.37. The molecule has 0 saturated carbocycles. The normalized spacial score (nSPS) is 18.9. The van der Waals surface area contributed by atoms with Gasteiger partial charge in [0.1, 0.15) is 12.2 Å². The van der Waals surface area contributed by atoms with Gasteiger partial charge >= 0.3 is 0 Å². The highest BCUT2D eigenvalue weighted by molar-refractivity contribution is 7.99. The molecule has 19 heavy (non-hydrogen) atoms. The number of rotatable bonds is 6. The smallest absolute Gasteiger partial charge is 0.138 e. The zero-order valence-corrected chi connectivity index (χ0v) is 12.8. The second-order valence-electron chi connectivity index (χ2n) is 5.90. The molecule has 1 aliphatic rings. The first kappa shape index (κ1) is 14.9. The van der Waals surface area contributed by atoms with Gasteiger partial charge in [-0.05, 0) is 42.6 Å². The van der Waals surface area contributed by atoms with Crippen molar-refractivity contribution in [3.8, 4) is 0 Å². The van der Waals surface area contributed by atoms with Gasteiger partial charge < -0.3 is 5.11 Å². The first-order valence-corrected chi connectivity index (χ1v) is 8.43. The van der Waals surface area contributed by atoms with Gasteiger partial charge in [-0.15, -0.1) is 0 Å². The molecule has 2 rings (SSSR count). The van der Waals surface area contributed by atoms with Gasteiger partial charge in [-0.1, -0.05) is 13.8 Å². The van der Waals surface area contributed by atoms with Crippen molar-refractivity contribution in [3.05, 3.63) is 12.2 Å². The maximum absolute atomic E-state index is 10.2. The number of hydrogen-bond donors (Lipinski definition) is 1. The zero-order valence-electron chi connectivity index (χ0n) is 12.0. The molecule has 0 aliphatic carbocycles. The van der Waals surface area contributed by atoms with E-state index >= 15 is 0 Å². The molecule has 0 amide bonds. The van der Waals surface area contributed by atoms with Crippen LogP contribution in [0.1, 0.15) is 38.9 Å². The summed E-state index contributed by atoms with van der Waals surface area (Å²) in [6, 6.07) is 0. The van der Waals surface area contributed by atoms with Gasteiger partial charge in [-0.25, -0.2) is 9.67 Å². The van der Waals surface area contributed by atoms with Crippen molar-refractivity contribution >= 4 is 11.8 Å². The zero-order chi connectivity index (χ0) is 13.7. The monoisotopic (exact) mass is 283 g/mol. The van der Waals surface area contributed by atoms with Crippen LogP contribution < -0.4 is 0 Å². The lowest BCUT2D eigenvalue weighted by Crippen LogP contribution is -2.22. The van der Waals surface area contributed by atoms with E-state index in [0.29, 0.717) is 18.3 Å². The topological polar surface area (TPSA) is 50.9 Å². The molecule has 2 heterocycles.